The van der Waals surface area contributed by atoms with Gasteiger partial charge < -0.3 is 10.3 Å². The summed E-state index contributed by atoms with van der Waals surface area (Å²) in [6.07, 6.45) is 3.15. The Hall–Kier alpha value is -1.06. The molecule has 0 bridgehead atoms. The van der Waals surface area contributed by atoms with E-state index in [0.717, 1.165) is 47.7 Å². The Bertz CT molecular complexity index is 574. The smallest absolute Gasteiger partial charge is 0.126 e. The van der Waals surface area contributed by atoms with Crippen LogP contribution < -0.4 is 5.73 Å². The molecular weight excluding hydrogens is 270 g/mol. The molecule has 2 rings (SSSR count). The van der Waals surface area contributed by atoms with Gasteiger partial charge in [-0.2, -0.15) is 0 Å². The van der Waals surface area contributed by atoms with Gasteiger partial charge in [0.2, 0.25) is 0 Å². The number of benzene rings is 1. The van der Waals surface area contributed by atoms with Crippen molar-refractivity contribution < 1.29 is 0 Å². The molecule has 0 spiro atoms. The van der Waals surface area contributed by atoms with Gasteiger partial charge in [0, 0.05) is 11.6 Å². The first kappa shape index (κ1) is 15.3. The van der Waals surface area contributed by atoms with Crippen molar-refractivity contribution in [3.8, 4) is 0 Å². The first-order chi connectivity index (χ1) is 9.52. The van der Waals surface area contributed by atoms with Crippen molar-refractivity contribution in [2.24, 2.45) is 11.7 Å². The third-order valence-corrected chi connectivity index (χ3v) is 3.84. The lowest BCUT2D eigenvalue weighted by molar-refractivity contribution is 0.490. The summed E-state index contributed by atoms with van der Waals surface area (Å²) in [5.41, 5.74) is 8.38. The summed E-state index contributed by atoms with van der Waals surface area (Å²) >= 11 is 6.07. The SMILES string of the molecule is CCCC(N)c1nc2cc(Cl)ccc2n1CCC(C)C. The molecule has 4 heteroatoms. The number of aryl methyl sites for hydroxylation is 1. The van der Waals surface area contributed by atoms with Gasteiger partial charge in [0.15, 0.2) is 0 Å². The molecule has 2 N–H and O–H groups in total. The number of fused-ring (bicyclic) bond motifs is 1. The van der Waals surface area contributed by atoms with Crippen LogP contribution in [0.15, 0.2) is 18.2 Å². The van der Waals surface area contributed by atoms with E-state index in [-0.39, 0.29) is 6.04 Å². The van der Waals surface area contributed by atoms with Crippen LogP contribution in [0.25, 0.3) is 11.0 Å². The Balaban J connectivity index is 2.44. The Morgan fingerprint density at radius 1 is 1.30 bits per heavy atom. The minimum absolute atomic E-state index is 0.00154. The van der Waals surface area contributed by atoms with Crippen LogP contribution in [0, 0.1) is 5.92 Å². The van der Waals surface area contributed by atoms with Crippen LogP contribution in [0.3, 0.4) is 0 Å². The number of aromatic nitrogens is 2. The minimum atomic E-state index is -0.00154. The van der Waals surface area contributed by atoms with E-state index < -0.39 is 0 Å². The fourth-order valence-corrected chi connectivity index (χ4v) is 2.63. The van der Waals surface area contributed by atoms with Crippen LogP contribution >= 0.6 is 11.6 Å². The Morgan fingerprint density at radius 2 is 2.05 bits per heavy atom. The second-order valence-corrected chi connectivity index (χ2v) is 6.27. The average molecular weight is 294 g/mol. The van der Waals surface area contributed by atoms with E-state index in [0.29, 0.717) is 5.92 Å². The third kappa shape index (κ3) is 3.33. The molecule has 0 aliphatic carbocycles. The van der Waals surface area contributed by atoms with Gasteiger partial charge in [-0.05, 0) is 37.0 Å². The number of halogens is 1. The van der Waals surface area contributed by atoms with Gasteiger partial charge in [0.05, 0.1) is 17.1 Å². The van der Waals surface area contributed by atoms with Crippen molar-refractivity contribution in [2.75, 3.05) is 0 Å². The number of rotatable bonds is 6. The van der Waals surface area contributed by atoms with E-state index in [4.69, 9.17) is 22.3 Å². The quantitative estimate of drug-likeness (QED) is 0.850. The van der Waals surface area contributed by atoms with Gasteiger partial charge in [0.25, 0.3) is 0 Å². The van der Waals surface area contributed by atoms with Crippen LogP contribution in [-0.2, 0) is 6.54 Å². The Morgan fingerprint density at radius 3 is 2.70 bits per heavy atom. The molecule has 0 saturated carbocycles. The number of nitrogens with zero attached hydrogens (tertiary/aromatic N) is 2. The molecule has 0 radical (unpaired) electrons. The molecule has 110 valence electrons. The Kier molecular flexibility index (Phi) is 5.06. The molecule has 20 heavy (non-hydrogen) atoms. The van der Waals surface area contributed by atoms with E-state index in [1.165, 1.54) is 0 Å². The van der Waals surface area contributed by atoms with Crippen molar-refractivity contribution in [1.82, 2.24) is 9.55 Å². The van der Waals surface area contributed by atoms with Crippen molar-refractivity contribution in [1.29, 1.82) is 0 Å². The van der Waals surface area contributed by atoms with E-state index in [2.05, 4.69) is 25.3 Å². The molecule has 3 nitrogen and oxygen atoms in total. The second kappa shape index (κ2) is 6.59. The number of hydrogen-bond donors (Lipinski definition) is 1. The average Bonchev–Trinajstić information content (AvgIpc) is 2.74. The summed E-state index contributed by atoms with van der Waals surface area (Å²) in [4.78, 5) is 4.72. The zero-order valence-electron chi connectivity index (χ0n) is 12.6. The first-order valence-corrected chi connectivity index (χ1v) is 7.82. The van der Waals surface area contributed by atoms with E-state index in [1.807, 2.05) is 18.2 Å². The van der Waals surface area contributed by atoms with E-state index in [9.17, 15) is 0 Å². The predicted molar refractivity (Wildman–Crippen MR) is 86.0 cm³/mol. The maximum atomic E-state index is 6.30. The highest BCUT2D eigenvalue weighted by molar-refractivity contribution is 6.31. The zero-order chi connectivity index (χ0) is 14.7. The van der Waals surface area contributed by atoms with Gasteiger partial charge in [-0.15, -0.1) is 0 Å². The monoisotopic (exact) mass is 293 g/mol. The van der Waals surface area contributed by atoms with E-state index in [1.54, 1.807) is 0 Å². The molecule has 0 amide bonds. The van der Waals surface area contributed by atoms with Gasteiger partial charge in [-0.3, -0.25) is 0 Å². The normalized spacial score (nSPS) is 13.3. The topological polar surface area (TPSA) is 43.8 Å². The van der Waals surface area contributed by atoms with Gasteiger partial charge in [-0.1, -0.05) is 38.8 Å². The molecule has 1 heterocycles. The zero-order valence-corrected chi connectivity index (χ0v) is 13.3. The van der Waals surface area contributed by atoms with Crippen LogP contribution in [0.2, 0.25) is 5.02 Å². The van der Waals surface area contributed by atoms with Gasteiger partial charge in [-0.25, -0.2) is 4.98 Å². The van der Waals surface area contributed by atoms with Crippen LogP contribution in [0.1, 0.15) is 51.9 Å². The number of hydrogen-bond acceptors (Lipinski definition) is 2. The molecule has 1 unspecified atom stereocenters. The summed E-state index contributed by atoms with van der Waals surface area (Å²) in [5, 5.41) is 0.724. The van der Waals surface area contributed by atoms with Crippen molar-refractivity contribution in [2.45, 2.75) is 52.6 Å². The highest BCUT2D eigenvalue weighted by atomic mass is 35.5. The second-order valence-electron chi connectivity index (χ2n) is 5.83. The van der Waals surface area contributed by atoms with Gasteiger partial charge >= 0.3 is 0 Å². The Labute approximate surface area is 126 Å². The molecule has 0 aliphatic heterocycles. The van der Waals surface area contributed by atoms with Crippen LogP contribution in [0.5, 0.6) is 0 Å². The standard InChI is InChI=1S/C16H24ClN3/c1-4-5-13(18)16-19-14-10-12(17)6-7-15(14)20(16)9-8-11(2)3/h6-7,10-11,13H,4-5,8-9,18H2,1-3H3. The molecule has 0 fully saturated rings. The molecule has 2 aromatic rings. The maximum Gasteiger partial charge on any atom is 0.126 e. The number of nitrogens with two attached hydrogens (primary N) is 1. The van der Waals surface area contributed by atoms with E-state index >= 15 is 0 Å². The third-order valence-electron chi connectivity index (χ3n) is 3.60. The molecule has 1 aromatic heterocycles. The molecule has 1 atom stereocenters. The number of imidazole rings is 1. The minimum Gasteiger partial charge on any atom is -0.327 e. The summed E-state index contributed by atoms with van der Waals surface area (Å²) in [7, 11) is 0. The van der Waals surface area contributed by atoms with Crippen LogP contribution in [0.4, 0.5) is 0 Å². The van der Waals surface area contributed by atoms with Gasteiger partial charge in [0.1, 0.15) is 5.82 Å². The first-order valence-electron chi connectivity index (χ1n) is 7.44. The lowest BCUT2D eigenvalue weighted by Gasteiger charge is -2.15. The predicted octanol–water partition coefficient (Wildman–Crippen LogP) is 4.54. The van der Waals surface area contributed by atoms with Crippen molar-refractivity contribution >= 4 is 22.6 Å². The molecular formula is C16H24ClN3. The van der Waals surface area contributed by atoms with Crippen molar-refractivity contribution in [3.05, 3.63) is 29.0 Å². The lowest BCUT2D eigenvalue weighted by atomic mass is 10.1. The summed E-state index contributed by atoms with van der Waals surface area (Å²) in [6, 6.07) is 5.89. The maximum absolute atomic E-state index is 6.30. The molecule has 0 aliphatic rings. The molecule has 1 aromatic carbocycles. The van der Waals surface area contributed by atoms with Crippen LogP contribution in [-0.4, -0.2) is 9.55 Å². The summed E-state index contributed by atoms with van der Waals surface area (Å²) in [6.45, 7) is 7.59. The largest absolute Gasteiger partial charge is 0.327 e. The highest BCUT2D eigenvalue weighted by Gasteiger charge is 2.16. The fraction of sp³-hybridized carbons (Fsp3) is 0.562. The summed E-state index contributed by atoms with van der Waals surface area (Å²) < 4.78 is 2.27. The highest BCUT2D eigenvalue weighted by Crippen LogP contribution is 2.25. The summed E-state index contributed by atoms with van der Waals surface area (Å²) in [5.74, 6) is 1.65. The van der Waals surface area contributed by atoms with Crippen molar-refractivity contribution in [3.63, 3.8) is 0 Å². The lowest BCUT2D eigenvalue weighted by Crippen LogP contribution is -2.17. The fourth-order valence-electron chi connectivity index (χ4n) is 2.47. The molecule has 0 saturated heterocycles.